The second-order valence-electron chi connectivity index (χ2n) is 3.98. The lowest BCUT2D eigenvalue weighted by atomic mass is 10.0. The Hall–Kier alpha value is -1.35. The van der Waals surface area contributed by atoms with Crippen molar-refractivity contribution in [3.05, 3.63) is 35.5 Å². The summed E-state index contributed by atoms with van der Waals surface area (Å²) in [5.41, 5.74) is 4.25. The molecule has 0 radical (unpaired) electrons. The van der Waals surface area contributed by atoms with Gasteiger partial charge in [-0.1, -0.05) is 19.9 Å². The maximum Gasteiger partial charge on any atom is 0.127 e. The van der Waals surface area contributed by atoms with E-state index in [4.69, 9.17) is 4.74 Å². The second-order valence-corrected chi connectivity index (χ2v) is 4.87. The minimum atomic E-state index is 0.518. The van der Waals surface area contributed by atoms with Crippen LogP contribution in [0.4, 0.5) is 0 Å². The molecule has 0 amide bonds. The first-order valence-corrected chi connectivity index (χ1v) is 6.17. The zero-order chi connectivity index (χ0) is 11.5. The largest absolute Gasteiger partial charge is 0.496 e. The molecule has 16 heavy (non-hydrogen) atoms. The van der Waals surface area contributed by atoms with Gasteiger partial charge >= 0.3 is 0 Å². The monoisotopic (exact) mass is 233 g/mol. The molecule has 0 aliphatic heterocycles. The van der Waals surface area contributed by atoms with Crippen LogP contribution in [0.3, 0.4) is 0 Å². The summed E-state index contributed by atoms with van der Waals surface area (Å²) in [6.45, 7) is 4.36. The Morgan fingerprint density at radius 3 is 2.69 bits per heavy atom. The van der Waals surface area contributed by atoms with Gasteiger partial charge in [0.2, 0.25) is 0 Å². The molecule has 0 saturated carbocycles. The summed E-state index contributed by atoms with van der Waals surface area (Å²) in [6.07, 6.45) is 1.87. The zero-order valence-corrected chi connectivity index (χ0v) is 10.5. The van der Waals surface area contributed by atoms with Crippen LogP contribution >= 0.6 is 11.3 Å². The molecule has 0 aliphatic rings. The lowest BCUT2D eigenvalue weighted by Gasteiger charge is -2.11. The summed E-state index contributed by atoms with van der Waals surface area (Å²) in [5.74, 6) is 1.44. The SMILES string of the molecule is COc1cc(C(C)C)ccc1-c1cncs1. The normalized spacial score (nSPS) is 10.8. The molecule has 0 saturated heterocycles. The van der Waals surface area contributed by atoms with E-state index in [0.29, 0.717) is 5.92 Å². The van der Waals surface area contributed by atoms with E-state index in [1.165, 1.54) is 5.56 Å². The van der Waals surface area contributed by atoms with E-state index >= 15 is 0 Å². The van der Waals surface area contributed by atoms with Gasteiger partial charge in [0.1, 0.15) is 5.75 Å². The van der Waals surface area contributed by atoms with Crippen LogP contribution in [-0.2, 0) is 0 Å². The average molecular weight is 233 g/mol. The van der Waals surface area contributed by atoms with Gasteiger partial charge in [-0.25, -0.2) is 0 Å². The molecule has 0 unspecified atom stereocenters. The molecule has 2 rings (SSSR count). The van der Waals surface area contributed by atoms with Gasteiger partial charge in [-0.2, -0.15) is 0 Å². The highest BCUT2D eigenvalue weighted by Crippen LogP contribution is 2.34. The van der Waals surface area contributed by atoms with Crippen molar-refractivity contribution in [3.63, 3.8) is 0 Å². The first-order chi connectivity index (χ1) is 7.72. The molecule has 0 fully saturated rings. The van der Waals surface area contributed by atoms with E-state index in [1.807, 2.05) is 11.7 Å². The molecule has 0 spiro atoms. The maximum absolute atomic E-state index is 5.44. The summed E-state index contributed by atoms with van der Waals surface area (Å²) in [4.78, 5) is 5.24. The molecule has 84 valence electrons. The lowest BCUT2D eigenvalue weighted by molar-refractivity contribution is 0.416. The van der Waals surface area contributed by atoms with Crippen LogP contribution in [0.25, 0.3) is 10.4 Å². The molecular formula is C13H15NOS. The Bertz CT molecular complexity index is 463. The van der Waals surface area contributed by atoms with E-state index < -0.39 is 0 Å². The van der Waals surface area contributed by atoms with Crippen molar-refractivity contribution in [2.24, 2.45) is 0 Å². The molecule has 2 aromatic rings. The number of hydrogen-bond donors (Lipinski definition) is 0. The molecule has 0 aliphatic carbocycles. The Kier molecular flexibility index (Phi) is 3.25. The number of methoxy groups -OCH3 is 1. The highest BCUT2D eigenvalue weighted by atomic mass is 32.1. The highest BCUT2D eigenvalue weighted by Gasteiger charge is 2.09. The predicted octanol–water partition coefficient (Wildman–Crippen LogP) is 3.94. The average Bonchev–Trinajstić information content (AvgIpc) is 2.81. The molecule has 3 heteroatoms. The third kappa shape index (κ3) is 2.09. The summed E-state index contributed by atoms with van der Waals surface area (Å²) in [6, 6.07) is 6.38. The Labute approximate surface area is 99.9 Å². The van der Waals surface area contributed by atoms with Crippen molar-refractivity contribution in [1.82, 2.24) is 4.98 Å². The smallest absolute Gasteiger partial charge is 0.127 e. The van der Waals surface area contributed by atoms with Crippen molar-refractivity contribution >= 4 is 11.3 Å². The third-order valence-electron chi connectivity index (χ3n) is 2.59. The third-order valence-corrected chi connectivity index (χ3v) is 3.40. The van der Waals surface area contributed by atoms with Gasteiger partial charge in [-0.15, -0.1) is 11.3 Å². The predicted molar refractivity (Wildman–Crippen MR) is 68.2 cm³/mol. The minimum absolute atomic E-state index is 0.518. The van der Waals surface area contributed by atoms with Gasteiger partial charge in [0.25, 0.3) is 0 Å². The molecule has 1 heterocycles. The number of thiazole rings is 1. The van der Waals surface area contributed by atoms with Crippen LogP contribution in [0.5, 0.6) is 5.75 Å². The number of aromatic nitrogens is 1. The van der Waals surface area contributed by atoms with Gasteiger partial charge in [0.05, 0.1) is 17.5 Å². The summed E-state index contributed by atoms with van der Waals surface area (Å²) < 4.78 is 5.44. The van der Waals surface area contributed by atoms with E-state index in [-0.39, 0.29) is 0 Å². The van der Waals surface area contributed by atoms with Gasteiger partial charge in [0, 0.05) is 11.8 Å². The molecule has 1 aromatic heterocycles. The van der Waals surface area contributed by atoms with E-state index in [2.05, 4.69) is 37.0 Å². The van der Waals surface area contributed by atoms with Crippen LogP contribution < -0.4 is 4.74 Å². The quantitative estimate of drug-likeness (QED) is 0.801. The number of hydrogen-bond acceptors (Lipinski definition) is 3. The van der Waals surface area contributed by atoms with E-state index in [9.17, 15) is 0 Å². The zero-order valence-electron chi connectivity index (χ0n) is 9.73. The van der Waals surface area contributed by atoms with Crippen molar-refractivity contribution in [1.29, 1.82) is 0 Å². The Morgan fingerprint density at radius 1 is 1.31 bits per heavy atom. The summed E-state index contributed by atoms with van der Waals surface area (Å²) >= 11 is 1.63. The molecular weight excluding hydrogens is 218 g/mol. The fourth-order valence-corrected chi connectivity index (χ4v) is 2.27. The molecule has 1 aromatic carbocycles. The van der Waals surface area contributed by atoms with Crippen molar-refractivity contribution in [2.75, 3.05) is 7.11 Å². The van der Waals surface area contributed by atoms with Crippen LogP contribution in [-0.4, -0.2) is 12.1 Å². The van der Waals surface area contributed by atoms with Gasteiger partial charge in [-0.3, -0.25) is 4.98 Å². The van der Waals surface area contributed by atoms with E-state index in [0.717, 1.165) is 16.2 Å². The first-order valence-electron chi connectivity index (χ1n) is 5.29. The van der Waals surface area contributed by atoms with Crippen LogP contribution in [0.2, 0.25) is 0 Å². The highest BCUT2D eigenvalue weighted by molar-refractivity contribution is 7.13. The fourth-order valence-electron chi connectivity index (χ4n) is 1.62. The Morgan fingerprint density at radius 2 is 2.12 bits per heavy atom. The number of benzene rings is 1. The van der Waals surface area contributed by atoms with Crippen LogP contribution in [0.1, 0.15) is 25.3 Å². The van der Waals surface area contributed by atoms with E-state index in [1.54, 1.807) is 18.4 Å². The molecule has 0 atom stereocenters. The van der Waals surface area contributed by atoms with Crippen molar-refractivity contribution < 1.29 is 4.74 Å². The van der Waals surface area contributed by atoms with Crippen molar-refractivity contribution in [3.8, 4) is 16.2 Å². The van der Waals surface area contributed by atoms with Crippen LogP contribution in [0, 0.1) is 0 Å². The minimum Gasteiger partial charge on any atom is -0.496 e. The van der Waals surface area contributed by atoms with Gasteiger partial charge in [0.15, 0.2) is 0 Å². The molecule has 0 N–H and O–H groups in total. The molecule has 0 bridgehead atoms. The van der Waals surface area contributed by atoms with Crippen molar-refractivity contribution in [2.45, 2.75) is 19.8 Å². The lowest BCUT2D eigenvalue weighted by Crippen LogP contribution is -1.92. The van der Waals surface area contributed by atoms with Gasteiger partial charge in [-0.05, 0) is 23.6 Å². The fraction of sp³-hybridized carbons (Fsp3) is 0.308. The summed E-state index contributed by atoms with van der Waals surface area (Å²) in [7, 11) is 1.71. The summed E-state index contributed by atoms with van der Waals surface area (Å²) in [5, 5.41) is 0. The van der Waals surface area contributed by atoms with Crippen LogP contribution in [0.15, 0.2) is 29.9 Å². The second kappa shape index (κ2) is 4.66. The Balaban J connectivity index is 2.47. The molecule has 2 nitrogen and oxygen atoms in total. The number of nitrogens with zero attached hydrogens (tertiary/aromatic N) is 1. The standard InChI is InChI=1S/C13H15NOS/c1-9(2)10-4-5-11(12(6-10)15-3)13-7-14-8-16-13/h4-9H,1-3H3. The maximum atomic E-state index is 5.44. The number of ether oxygens (including phenoxy) is 1. The topological polar surface area (TPSA) is 22.1 Å². The number of rotatable bonds is 3. The van der Waals surface area contributed by atoms with Gasteiger partial charge < -0.3 is 4.74 Å². The first kappa shape index (κ1) is 11.1.